The second-order valence-corrected chi connectivity index (χ2v) is 25.4. The zero-order valence-electron chi connectivity index (χ0n) is 48.5. The average molecular weight is 1160 g/mol. The molecule has 7 atom stereocenters. The van der Waals surface area contributed by atoms with Crippen LogP contribution in [0.25, 0.3) is 44.8 Å². The summed E-state index contributed by atoms with van der Waals surface area (Å²) >= 11 is 2.91. The van der Waals surface area contributed by atoms with E-state index in [9.17, 15) is 28.8 Å². The van der Waals surface area contributed by atoms with Gasteiger partial charge in [-0.2, -0.15) is 0 Å². The van der Waals surface area contributed by atoms with Gasteiger partial charge in [-0.1, -0.05) is 151 Å². The highest BCUT2D eigenvalue weighted by atomic mass is 32.1. The summed E-state index contributed by atoms with van der Waals surface area (Å²) in [6, 6.07) is 38.5. The fraction of sp³-hybridized carbons (Fsp3) is 0.354. The third kappa shape index (κ3) is 13.8. The van der Waals surface area contributed by atoms with Crippen molar-refractivity contribution in [3.05, 3.63) is 165 Å². The molecular formula is C65H74N10O6S2. The largest absolute Gasteiger partial charge is 0.347 e. The van der Waals surface area contributed by atoms with E-state index in [0.29, 0.717) is 34.0 Å². The topological polar surface area (TPSA) is 207 Å². The zero-order valence-corrected chi connectivity index (χ0v) is 50.1. The van der Waals surface area contributed by atoms with Crippen molar-refractivity contribution in [1.82, 2.24) is 51.7 Å². The predicted molar refractivity (Wildman–Crippen MR) is 328 cm³/mol. The molecule has 6 amide bonds. The van der Waals surface area contributed by atoms with E-state index in [0.717, 1.165) is 44.8 Å². The van der Waals surface area contributed by atoms with E-state index < -0.39 is 53.1 Å². The third-order valence-corrected chi connectivity index (χ3v) is 17.3. The van der Waals surface area contributed by atoms with Crippen molar-refractivity contribution in [1.29, 1.82) is 0 Å². The maximum atomic E-state index is 14.9. The van der Waals surface area contributed by atoms with Crippen LogP contribution in [-0.4, -0.2) is 119 Å². The van der Waals surface area contributed by atoms with Crippen LogP contribution in [0.3, 0.4) is 0 Å². The molecule has 2 fully saturated rings. The number of nitrogens with one attached hydrogen (secondary N) is 6. The Morgan fingerprint density at radius 3 is 1.31 bits per heavy atom. The number of aromatic nitrogens is 2. The van der Waals surface area contributed by atoms with Gasteiger partial charge in [0.15, 0.2) is 0 Å². The summed E-state index contributed by atoms with van der Waals surface area (Å²) < 4.78 is 0. The maximum Gasteiger partial charge on any atom is 0.251 e. The number of nitrogens with zero attached hydrogens (tertiary/aromatic N) is 4. The number of hydrogen-bond acceptors (Lipinski definition) is 12. The second-order valence-electron chi connectivity index (χ2n) is 23.6. The van der Waals surface area contributed by atoms with Gasteiger partial charge >= 0.3 is 0 Å². The quantitative estimate of drug-likeness (QED) is 0.0480. The minimum atomic E-state index is -0.886. The van der Waals surface area contributed by atoms with E-state index in [1.54, 1.807) is 55.1 Å². The molecule has 7 aromatic rings. The number of hydrogen-bond donors (Lipinski definition) is 6. The predicted octanol–water partition coefficient (Wildman–Crippen LogP) is 9.30. The average Bonchev–Trinajstić information content (AvgIpc) is 2.77. The monoisotopic (exact) mass is 1150 g/mol. The van der Waals surface area contributed by atoms with Crippen molar-refractivity contribution < 1.29 is 28.8 Å². The highest BCUT2D eigenvalue weighted by Crippen LogP contribution is 2.42. The first kappa shape index (κ1) is 59.7. The van der Waals surface area contributed by atoms with Crippen LogP contribution in [0, 0.1) is 10.8 Å². The van der Waals surface area contributed by atoms with E-state index in [-0.39, 0.29) is 55.1 Å². The van der Waals surface area contributed by atoms with Crippen LogP contribution < -0.4 is 31.9 Å². The lowest BCUT2D eigenvalue weighted by molar-refractivity contribution is -0.140. The molecule has 7 unspecified atom stereocenters. The molecule has 9 rings (SSSR count). The highest BCUT2D eigenvalue weighted by Gasteiger charge is 2.46. The molecule has 0 saturated carbocycles. The van der Waals surface area contributed by atoms with Crippen molar-refractivity contribution in [2.24, 2.45) is 10.8 Å². The van der Waals surface area contributed by atoms with Gasteiger partial charge in [0.25, 0.3) is 11.8 Å². The molecule has 83 heavy (non-hydrogen) atoms. The van der Waals surface area contributed by atoms with Crippen molar-refractivity contribution in [2.45, 2.75) is 104 Å². The van der Waals surface area contributed by atoms with Gasteiger partial charge in [-0.25, -0.2) is 9.97 Å². The van der Waals surface area contributed by atoms with Gasteiger partial charge in [0.05, 0.1) is 36.1 Å². The van der Waals surface area contributed by atoms with Crippen molar-refractivity contribution in [2.75, 3.05) is 33.7 Å². The number of carbonyl (C=O) groups excluding carboxylic acids is 6. The minimum Gasteiger partial charge on any atom is -0.347 e. The van der Waals surface area contributed by atoms with Crippen LogP contribution >= 0.6 is 22.7 Å². The van der Waals surface area contributed by atoms with Crippen LogP contribution in [0.1, 0.15) is 104 Å². The Morgan fingerprint density at radius 2 is 0.928 bits per heavy atom. The SMILES string of the molecule is CNCC(=O)NC(C(=O)N1CC(NC(=O)c2ccc(C(=O)NC3CC(c4nc(-c5ccccc5-c5ccccc5)cs4)N(C(=O)C(NC(=O)C(C)NC)C(C)(C)C)C3)cc2)CC1c1nc(-c2ccccc2-c2ccccc2)cs1)C(C)(C)C. The Kier molecular flexibility index (Phi) is 18.5. The van der Waals surface area contributed by atoms with Gasteiger partial charge in [-0.3, -0.25) is 28.8 Å². The van der Waals surface area contributed by atoms with Crippen molar-refractivity contribution >= 4 is 58.1 Å². The van der Waals surface area contributed by atoms with Crippen LogP contribution in [0.2, 0.25) is 0 Å². The van der Waals surface area contributed by atoms with Gasteiger partial charge in [-0.15, -0.1) is 22.7 Å². The first-order valence-electron chi connectivity index (χ1n) is 28.2. The van der Waals surface area contributed by atoms with Gasteiger partial charge in [0.2, 0.25) is 23.6 Å². The first-order chi connectivity index (χ1) is 39.7. The number of benzene rings is 5. The molecule has 0 radical (unpaired) electrons. The highest BCUT2D eigenvalue weighted by molar-refractivity contribution is 7.10. The fourth-order valence-electron chi connectivity index (χ4n) is 10.8. The molecule has 2 saturated heterocycles. The molecule has 2 aliphatic rings. The van der Waals surface area contributed by atoms with E-state index in [2.05, 4.69) is 68.3 Å². The molecule has 5 aromatic carbocycles. The summed E-state index contributed by atoms with van der Waals surface area (Å²) in [5.41, 5.74) is 6.92. The Hall–Kier alpha value is -7.90. The Balaban J connectivity index is 0.931. The molecule has 4 heterocycles. The Bertz CT molecular complexity index is 3450. The van der Waals surface area contributed by atoms with E-state index >= 15 is 0 Å². The molecule has 0 bridgehead atoms. The summed E-state index contributed by atoms with van der Waals surface area (Å²) in [7, 11) is 3.36. The molecule has 0 aliphatic carbocycles. The summed E-state index contributed by atoms with van der Waals surface area (Å²) in [5.74, 6) is -1.93. The van der Waals surface area contributed by atoms with Gasteiger partial charge in [-0.05, 0) is 91.2 Å². The van der Waals surface area contributed by atoms with Gasteiger partial charge in [0, 0.05) is 58.2 Å². The Morgan fingerprint density at radius 1 is 0.542 bits per heavy atom. The summed E-state index contributed by atoms with van der Waals surface area (Å²) in [5, 5.41) is 23.6. The lowest BCUT2D eigenvalue weighted by atomic mass is 9.85. The molecule has 2 aliphatic heterocycles. The van der Waals surface area contributed by atoms with Crippen LogP contribution in [0.5, 0.6) is 0 Å². The van der Waals surface area contributed by atoms with Crippen LogP contribution in [0.4, 0.5) is 0 Å². The third-order valence-electron chi connectivity index (χ3n) is 15.4. The summed E-state index contributed by atoms with van der Waals surface area (Å²) in [6.07, 6.45) is 0.739. The lowest BCUT2D eigenvalue weighted by Crippen LogP contribution is -2.57. The van der Waals surface area contributed by atoms with Crippen LogP contribution in [-0.2, 0) is 19.2 Å². The summed E-state index contributed by atoms with van der Waals surface area (Å²) in [6.45, 7) is 13.6. The minimum absolute atomic E-state index is 0.0389. The van der Waals surface area contributed by atoms with E-state index in [4.69, 9.17) is 9.97 Å². The normalized spacial score (nSPS) is 18.2. The number of likely N-dealkylation sites (N-methyl/N-ethyl adjacent to an activating group) is 2. The lowest BCUT2D eigenvalue weighted by Gasteiger charge is -2.36. The molecule has 16 nitrogen and oxygen atoms in total. The van der Waals surface area contributed by atoms with E-state index in [1.807, 2.05) is 125 Å². The maximum absolute atomic E-state index is 14.9. The smallest absolute Gasteiger partial charge is 0.251 e. The standard InChI is InChI=1S/C65H74N10O6S2/c1-39(67-9)57(77)73-56(65(5,6)7)63(81)75-36-45(33-53(75)61-71-51(38-83-61)49-27-19-17-25-47(49)41-22-14-11-15-23-41)69-59(79)43-30-28-42(29-31-43)58(78)68-44-32-52(74(35-44)62(80)55(64(2,3)4)72-54(76)34-66-8)60-70-50(37-82-60)48-26-18-16-24-46(48)40-20-12-10-13-21-40/h10-31,37-39,44-45,52-53,55-56,66-67H,32-36H2,1-9H3,(H,68,78)(H,69,79)(H,72,76)(H,73,77). The number of likely N-dealkylation sites (tertiary alicyclic amines) is 2. The second kappa shape index (κ2) is 25.7. The number of rotatable bonds is 18. The van der Waals surface area contributed by atoms with Crippen molar-refractivity contribution in [3.8, 4) is 44.8 Å². The summed E-state index contributed by atoms with van der Waals surface area (Å²) in [4.78, 5) is 98.3. The molecule has 0 spiro atoms. The van der Waals surface area contributed by atoms with Gasteiger partial charge < -0.3 is 41.7 Å². The van der Waals surface area contributed by atoms with Gasteiger partial charge in [0.1, 0.15) is 22.1 Å². The molecular weight excluding hydrogens is 1080 g/mol. The van der Waals surface area contributed by atoms with E-state index in [1.165, 1.54) is 22.7 Å². The molecule has 18 heteroatoms. The van der Waals surface area contributed by atoms with Crippen LogP contribution in [0.15, 0.2) is 144 Å². The van der Waals surface area contributed by atoms with Crippen molar-refractivity contribution in [3.63, 3.8) is 0 Å². The molecule has 2 aromatic heterocycles. The number of thiazole rings is 2. The first-order valence-corrected chi connectivity index (χ1v) is 29.9. The zero-order chi connectivity index (χ0) is 59.2. The number of amides is 6. The Labute approximate surface area is 494 Å². The number of carbonyl (C=O) groups is 6. The fourth-order valence-corrected chi connectivity index (χ4v) is 12.7. The molecule has 432 valence electrons. The molecule has 6 N–H and O–H groups in total.